The summed E-state index contributed by atoms with van der Waals surface area (Å²) in [7, 11) is 0. The monoisotopic (exact) mass is 347 g/mol. The summed E-state index contributed by atoms with van der Waals surface area (Å²) in [6, 6.07) is 9.66. The molecule has 3 heterocycles. The van der Waals surface area contributed by atoms with E-state index < -0.39 is 30.3 Å². The van der Waals surface area contributed by atoms with Gasteiger partial charge in [0.2, 0.25) is 5.91 Å². The van der Waals surface area contributed by atoms with Gasteiger partial charge in [-0.05, 0) is 25.8 Å². The summed E-state index contributed by atoms with van der Waals surface area (Å²) in [4.78, 5) is 25.9. The summed E-state index contributed by atoms with van der Waals surface area (Å²) >= 11 is 0. The fourth-order valence-corrected chi connectivity index (χ4v) is 3.50. The van der Waals surface area contributed by atoms with Gasteiger partial charge in [-0.2, -0.15) is 0 Å². The molecule has 1 aromatic carbocycles. The van der Waals surface area contributed by atoms with Gasteiger partial charge in [0.25, 0.3) is 0 Å². The molecule has 1 aromatic rings. The lowest BCUT2D eigenvalue weighted by atomic mass is 10.1. The fraction of sp³-hybridized carbons (Fsp3) is 0.556. The molecule has 0 N–H and O–H groups in total. The molecule has 3 aliphatic rings. The second-order valence-electron chi connectivity index (χ2n) is 6.96. The first-order valence-electron chi connectivity index (χ1n) is 8.48. The lowest BCUT2D eigenvalue weighted by Crippen LogP contribution is -2.50. The molecule has 0 spiro atoms. The van der Waals surface area contributed by atoms with Crippen molar-refractivity contribution in [3.63, 3.8) is 0 Å². The average molecular weight is 347 g/mol. The van der Waals surface area contributed by atoms with E-state index in [0.29, 0.717) is 13.0 Å². The minimum absolute atomic E-state index is 0.212. The van der Waals surface area contributed by atoms with Crippen molar-refractivity contribution < 1.29 is 28.5 Å². The molecule has 3 saturated heterocycles. The standard InChI is InChI=1S/C18H21NO6/c1-18(2)22-10-12-14(25-18)15-16(23-12)19(17(21)24-15)13(20)9-8-11-6-4-3-5-7-11/h3-7,12,14-16H,8-10H2,1-2H3/t12-,14+,15-,16+/m1/s1. The van der Waals surface area contributed by atoms with Crippen LogP contribution in [-0.4, -0.2) is 53.8 Å². The molecular weight excluding hydrogens is 326 g/mol. The van der Waals surface area contributed by atoms with Gasteiger partial charge in [-0.3, -0.25) is 4.79 Å². The zero-order valence-corrected chi connectivity index (χ0v) is 14.2. The maximum absolute atomic E-state index is 12.6. The van der Waals surface area contributed by atoms with Gasteiger partial charge in [-0.15, -0.1) is 0 Å². The van der Waals surface area contributed by atoms with Crippen LogP contribution in [0.25, 0.3) is 0 Å². The molecule has 7 heteroatoms. The molecule has 4 rings (SSSR count). The molecule has 0 bridgehead atoms. The quantitative estimate of drug-likeness (QED) is 0.831. The summed E-state index contributed by atoms with van der Waals surface area (Å²) in [5.41, 5.74) is 1.04. The molecule has 0 saturated carbocycles. The highest BCUT2D eigenvalue weighted by molar-refractivity contribution is 5.93. The Morgan fingerprint density at radius 2 is 2.00 bits per heavy atom. The third-order valence-corrected chi connectivity index (χ3v) is 4.73. The number of nitrogens with zero attached hydrogens (tertiary/aromatic N) is 1. The Bertz CT molecular complexity index is 675. The van der Waals surface area contributed by atoms with Crippen molar-refractivity contribution in [2.75, 3.05) is 6.61 Å². The first-order chi connectivity index (χ1) is 11.9. The number of carbonyl (C=O) groups is 2. The molecular formula is C18H21NO6. The van der Waals surface area contributed by atoms with E-state index in [-0.39, 0.29) is 18.4 Å². The fourth-order valence-electron chi connectivity index (χ4n) is 3.50. The Balaban J connectivity index is 1.44. The number of ether oxygens (including phenoxy) is 4. The minimum atomic E-state index is -0.767. The van der Waals surface area contributed by atoms with Gasteiger partial charge in [0.15, 0.2) is 18.1 Å². The van der Waals surface area contributed by atoms with Crippen molar-refractivity contribution in [3.05, 3.63) is 35.9 Å². The Morgan fingerprint density at radius 1 is 1.24 bits per heavy atom. The van der Waals surface area contributed by atoms with Crippen LogP contribution in [-0.2, 0) is 30.2 Å². The number of hydrogen-bond acceptors (Lipinski definition) is 6. The van der Waals surface area contributed by atoms with E-state index in [2.05, 4.69) is 0 Å². The molecule has 0 aromatic heterocycles. The number of imide groups is 1. The molecule has 134 valence electrons. The zero-order valence-electron chi connectivity index (χ0n) is 14.2. The van der Waals surface area contributed by atoms with Crippen LogP contribution in [0.2, 0.25) is 0 Å². The third-order valence-electron chi connectivity index (χ3n) is 4.73. The number of rotatable bonds is 3. The van der Waals surface area contributed by atoms with E-state index in [1.165, 1.54) is 0 Å². The van der Waals surface area contributed by atoms with E-state index in [0.717, 1.165) is 10.5 Å². The van der Waals surface area contributed by atoms with Crippen molar-refractivity contribution in [1.29, 1.82) is 0 Å². The van der Waals surface area contributed by atoms with Crippen molar-refractivity contribution in [2.45, 2.75) is 57.0 Å². The normalized spacial score (nSPS) is 32.9. The molecule has 4 atom stereocenters. The second-order valence-corrected chi connectivity index (χ2v) is 6.96. The highest BCUT2D eigenvalue weighted by Crippen LogP contribution is 2.39. The zero-order chi connectivity index (χ0) is 17.6. The van der Waals surface area contributed by atoms with Crippen LogP contribution < -0.4 is 0 Å². The number of amides is 2. The van der Waals surface area contributed by atoms with Crippen LogP contribution >= 0.6 is 0 Å². The maximum Gasteiger partial charge on any atom is 0.419 e. The van der Waals surface area contributed by atoms with Gasteiger partial charge in [-0.25, -0.2) is 9.69 Å². The lowest BCUT2D eigenvalue weighted by molar-refractivity contribution is -0.301. The molecule has 0 aliphatic carbocycles. The summed E-state index contributed by atoms with van der Waals surface area (Å²) in [5.74, 6) is -1.07. The van der Waals surface area contributed by atoms with Crippen molar-refractivity contribution in [3.8, 4) is 0 Å². The Labute approximate surface area is 145 Å². The predicted molar refractivity (Wildman–Crippen MR) is 85.4 cm³/mol. The minimum Gasteiger partial charge on any atom is -0.438 e. The van der Waals surface area contributed by atoms with Crippen LogP contribution in [0.15, 0.2) is 30.3 Å². The topological polar surface area (TPSA) is 74.3 Å². The number of fused-ring (bicyclic) bond motifs is 3. The molecule has 0 unspecified atom stereocenters. The number of carbonyl (C=O) groups excluding carboxylic acids is 2. The van der Waals surface area contributed by atoms with E-state index in [9.17, 15) is 9.59 Å². The van der Waals surface area contributed by atoms with Crippen molar-refractivity contribution in [1.82, 2.24) is 4.90 Å². The smallest absolute Gasteiger partial charge is 0.419 e. The van der Waals surface area contributed by atoms with Gasteiger partial charge >= 0.3 is 6.09 Å². The van der Waals surface area contributed by atoms with Crippen LogP contribution in [0, 0.1) is 0 Å². The summed E-state index contributed by atoms with van der Waals surface area (Å²) in [6.07, 6.45) is -2.03. The van der Waals surface area contributed by atoms with Crippen LogP contribution in [0.5, 0.6) is 0 Å². The van der Waals surface area contributed by atoms with E-state index >= 15 is 0 Å². The lowest BCUT2D eigenvalue weighted by Gasteiger charge is -2.37. The first-order valence-corrected chi connectivity index (χ1v) is 8.48. The molecule has 3 fully saturated rings. The molecule has 3 aliphatic heterocycles. The van der Waals surface area contributed by atoms with E-state index in [1.807, 2.05) is 30.3 Å². The van der Waals surface area contributed by atoms with Crippen molar-refractivity contribution in [2.24, 2.45) is 0 Å². The molecule has 25 heavy (non-hydrogen) atoms. The van der Waals surface area contributed by atoms with Crippen LogP contribution in [0.1, 0.15) is 25.8 Å². The Morgan fingerprint density at radius 3 is 2.76 bits per heavy atom. The summed E-state index contributed by atoms with van der Waals surface area (Å²) < 4.78 is 22.7. The molecule has 7 nitrogen and oxygen atoms in total. The summed E-state index contributed by atoms with van der Waals surface area (Å²) in [5, 5.41) is 0. The van der Waals surface area contributed by atoms with E-state index in [1.54, 1.807) is 13.8 Å². The predicted octanol–water partition coefficient (Wildman–Crippen LogP) is 1.84. The summed E-state index contributed by atoms with van der Waals surface area (Å²) in [6.45, 7) is 3.94. The van der Waals surface area contributed by atoms with E-state index in [4.69, 9.17) is 18.9 Å². The number of aryl methyl sites for hydroxylation is 1. The van der Waals surface area contributed by atoms with Gasteiger partial charge < -0.3 is 18.9 Å². The molecule has 0 radical (unpaired) electrons. The van der Waals surface area contributed by atoms with Crippen LogP contribution in [0.3, 0.4) is 0 Å². The highest BCUT2D eigenvalue weighted by atomic mass is 16.8. The van der Waals surface area contributed by atoms with Gasteiger partial charge in [0, 0.05) is 6.42 Å². The maximum atomic E-state index is 12.6. The first kappa shape index (κ1) is 16.5. The average Bonchev–Trinajstić information content (AvgIpc) is 3.07. The highest BCUT2D eigenvalue weighted by Gasteiger charge is 2.60. The second kappa shape index (κ2) is 6.09. The van der Waals surface area contributed by atoms with Gasteiger partial charge in [0.1, 0.15) is 12.2 Å². The SMILES string of the molecule is CC1(C)OC[C@H]2O[C@H]3[C@H](OC(=O)N3C(=O)CCc3ccccc3)[C@H]2O1. The Kier molecular flexibility index (Phi) is 4.02. The van der Waals surface area contributed by atoms with Crippen molar-refractivity contribution >= 4 is 12.0 Å². The third kappa shape index (κ3) is 3.03. The van der Waals surface area contributed by atoms with Gasteiger partial charge in [-0.1, -0.05) is 30.3 Å². The largest absolute Gasteiger partial charge is 0.438 e. The number of benzene rings is 1. The van der Waals surface area contributed by atoms with Gasteiger partial charge in [0.05, 0.1) is 6.61 Å². The van der Waals surface area contributed by atoms with Crippen LogP contribution in [0.4, 0.5) is 4.79 Å². The molecule has 2 amide bonds. The number of hydrogen-bond donors (Lipinski definition) is 0. The Hall–Kier alpha value is -1.96.